The minimum atomic E-state index is 0.444. The number of hydrogen-bond donors (Lipinski definition) is 0. The Labute approximate surface area is 389 Å². The molecule has 1 aromatic heterocycles. The van der Waals surface area contributed by atoms with E-state index in [1.165, 1.54) is 36.9 Å². The molecule has 0 saturated carbocycles. The minimum absolute atomic E-state index is 0.444. The molecule has 0 bridgehead atoms. The summed E-state index contributed by atoms with van der Waals surface area (Å²) in [7, 11) is 0. The van der Waals surface area contributed by atoms with Crippen LogP contribution in [0, 0.1) is 0 Å². The number of nitrogens with zero attached hydrogens (tertiary/aromatic N) is 2. The van der Waals surface area contributed by atoms with Crippen LogP contribution in [0.25, 0.3) is 36.9 Å². The summed E-state index contributed by atoms with van der Waals surface area (Å²) < 4.78 is 2.11. The van der Waals surface area contributed by atoms with E-state index in [0.717, 1.165) is 60.6 Å². The summed E-state index contributed by atoms with van der Waals surface area (Å²) in [5.74, 6) is 0. The molecule has 1 aliphatic rings. The van der Waals surface area contributed by atoms with Crippen LogP contribution < -0.4 is 9.80 Å². The number of thioether (sulfide) groups is 1. The maximum atomic E-state index is 3.65. The van der Waals surface area contributed by atoms with E-state index < -0.39 is 0 Å². The molecular formula is C56H40Br2N2S2. The van der Waals surface area contributed by atoms with Crippen molar-refractivity contribution in [3.05, 3.63) is 245 Å². The van der Waals surface area contributed by atoms with Crippen molar-refractivity contribution in [3.8, 4) is 32.0 Å². The highest BCUT2D eigenvalue weighted by molar-refractivity contribution is 9.10. The van der Waals surface area contributed by atoms with Crippen LogP contribution in [0.1, 0.15) is 22.8 Å². The summed E-state index contributed by atoms with van der Waals surface area (Å²) in [6, 6.07) is 78.7. The first kappa shape index (κ1) is 40.2. The fourth-order valence-corrected chi connectivity index (χ4v) is 10.8. The summed E-state index contributed by atoms with van der Waals surface area (Å²) in [6.07, 6.45) is 3.43. The smallest absolute Gasteiger partial charge is 0.0468 e. The number of halogens is 2. The van der Waals surface area contributed by atoms with E-state index in [1.807, 2.05) is 23.1 Å². The topological polar surface area (TPSA) is 6.48 Å². The van der Waals surface area contributed by atoms with Gasteiger partial charge in [-0.2, -0.15) is 0 Å². The third-order valence-corrected chi connectivity index (χ3v) is 14.8. The van der Waals surface area contributed by atoms with Gasteiger partial charge >= 0.3 is 0 Å². The van der Waals surface area contributed by atoms with Gasteiger partial charge in [-0.25, -0.2) is 0 Å². The van der Waals surface area contributed by atoms with Gasteiger partial charge in [0.25, 0.3) is 0 Å². The molecule has 0 spiro atoms. The van der Waals surface area contributed by atoms with Crippen LogP contribution in [0.2, 0.25) is 0 Å². The lowest BCUT2D eigenvalue weighted by molar-refractivity contribution is 0.991. The average Bonchev–Trinajstić information content (AvgIpc) is 4.04. The van der Waals surface area contributed by atoms with Gasteiger partial charge in [0, 0.05) is 63.0 Å². The van der Waals surface area contributed by atoms with E-state index in [0.29, 0.717) is 5.25 Å². The standard InChI is InChI=1S/C56H40Br2N2S2/c57-45-21-29-49(30-22-45)59(51-15-7-13-43(37-51)55-35-33-53(61-55)41-9-3-1-4-10-41)47-25-17-39(18-26-47)40-19-27-48(28-20-40)60(50-31-23-46(58)24-32-50)52-16-8-14-44(38-52)56-36-34-54(62-56)42-11-5-2-6-12-42/h1-33,35-38,54H,34H2. The van der Waals surface area contributed by atoms with Gasteiger partial charge in [-0.3, -0.25) is 0 Å². The Balaban J connectivity index is 0.934. The molecule has 1 unspecified atom stereocenters. The van der Waals surface area contributed by atoms with Crippen molar-refractivity contribution in [2.75, 3.05) is 9.80 Å². The van der Waals surface area contributed by atoms with Crippen LogP contribution in [0.3, 0.4) is 0 Å². The lowest BCUT2D eigenvalue weighted by atomic mass is 10.0. The molecule has 0 aliphatic carbocycles. The lowest BCUT2D eigenvalue weighted by Crippen LogP contribution is -2.10. The molecule has 6 heteroatoms. The van der Waals surface area contributed by atoms with Gasteiger partial charge < -0.3 is 9.80 Å². The van der Waals surface area contributed by atoms with E-state index in [9.17, 15) is 0 Å². The Morgan fingerprint density at radius 3 is 1.34 bits per heavy atom. The highest BCUT2D eigenvalue weighted by atomic mass is 79.9. The van der Waals surface area contributed by atoms with E-state index >= 15 is 0 Å². The summed E-state index contributed by atoms with van der Waals surface area (Å²) in [4.78, 5) is 8.53. The molecule has 0 amide bonds. The van der Waals surface area contributed by atoms with E-state index in [-0.39, 0.29) is 0 Å². The summed E-state index contributed by atoms with van der Waals surface area (Å²) in [5, 5.41) is 0.444. The van der Waals surface area contributed by atoms with E-state index in [2.05, 4.69) is 266 Å². The number of rotatable bonds is 11. The molecule has 10 rings (SSSR count). The Bertz CT molecular complexity index is 2960. The van der Waals surface area contributed by atoms with Crippen molar-refractivity contribution in [1.29, 1.82) is 0 Å². The average molecular weight is 965 g/mol. The third-order valence-electron chi connectivity index (χ3n) is 11.2. The predicted octanol–water partition coefficient (Wildman–Crippen LogP) is 18.4. The molecule has 0 saturated heterocycles. The molecule has 8 aromatic carbocycles. The molecule has 1 aliphatic heterocycles. The van der Waals surface area contributed by atoms with E-state index in [4.69, 9.17) is 0 Å². The van der Waals surface area contributed by atoms with Gasteiger partial charge in [0.1, 0.15) is 0 Å². The molecule has 62 heavy (non-hydrogen) atoms. The Morgan fingerprint density at radius 1 is 0.371 bits per heavy atom. The maximum absolute atomic E-state index is 3.65. The first-order valence-electron chi connectivity index (χ1n) is 20.6. The van der Waals surface area contributed by atoms with Crippen LogP contribution in [0.5, 0.6) is 0 Å². The second kappa shape index (κ2) is 18.2. The molecular weight excluding hydrogens is 925 g/mol. The van der Waals surface area contributed by atoms with Crippen molar-refractivity contribution in [3.63, 3.8) is 0 Å². The van der Waals surface area contributed by atoms with Gasteiger partial charge in [-0.1, -0.05) is 147 Å². The lowest BCUT2D eigenvalue weighted by Gasteiger charge is -2.27. The van der Waals surface area contributed by atoms with Crippen molar-refractivity contribution in [2.45, 2.75) is 11.7 Å². The number of thiophene rings is 1. The summed E-state index contributed by atoms with van der Waals surface area (Å²) in [5.41, 5.74) is 14.0. The Morgan fingerprint density at radius 2 is 0.806 bits per heavy atom. The first-order chi connectivity index (χ1) is 30.5. The molecule has 2 heterocycles. The van der Waals surface area contributed by atoms with Crippen molar-refractivity contribution in [2.24, 2.45) is 0 Å². The molecule has 300 valence electrons. The van der Waals surface area contributed by atoms with Crippen LogP contribution in [-0.2, 0) is 0 Å². The third kappa shape index (κ3) is 8.74. The highest BCUT2D eigenvalue weighted by Gasteiger charge is 2.22. The van der Waals surface area contributed by atoms with Crippen molar-refractivity contribution in [1.82, 2.24) is 0 Å². The zero-order valence-electron chi connectivity index (χ0n) is 33.6. The predicted molar refractivity (Wildman–Crippen MR) is 275 cm³/mol. The Kier molecular flexibility index (Phi) is 11.8. The Hall–Kier alpha value is -5.89. The quantitative estimate of drug-likeness (QED) is 0.128. The second-order valence-corrected chi connectivity index (χ2v) is 19.3. The zero-order valence-corrected chi connectivity index (χ0v) is 38.4. The minimum Gasteiger partial charge on any atom is -0.310 e. The number of anilines is 6. The molecule has 2 nitrogen and oxygen atoms in total. The van der Waals surface area contributed by atoms with Gasteiger partial charge in [-0.05, 0) is 149 Å². The largest absolute Gasteiger partial charge is 0.310 e. The van der Waals surface area contributed by atoms with Gasteiger partial charge in [-0.15, -0.1) is 23.1 Å². The highest BCUT2D eigenvalue weighted by Crippen LogP contribution is 2.49. The van der Waals surface area contributed by atoms with Crippen molar-refractivity contribution < 1.29 is 0 Å². The van der Waals surface area contributed by atoms with Crippen molar-refractivity contribution >= 4 is 94.0 Å². The maximum Gasteiger partial charge on any atom is 0.0468 e. The van der Waals surface area contributed by atoms with Crippen LogP contribution in [-0.4, -0.2) is 0 Å². The molecule has 0 fully saturated rings. The molecule has 9 aromatic rings. The SMILES string of the molecule is Brc1ccc(N(c2ccc(-c3ccc(N(c4ccc(Br)cc4)c4cccc(-c5ccc(-c6ccccc6)s5)c4)cc3)cc2)c2cccc(C3=CCC(c4ccccc4)S3)c2)cc1. The number of allylic oxidation sites excluding steroid dienone is 1. The zero-order chi connectivity index (χ0) is 41.8. The number of hydrogen-bond acceptors (Lipinski definition) is 4. The fraction of sp³-hybridized carbons (Fsp3) is 0.0357. The van der Waals surface area contributed by atoms with Crippen LogP contribution in [0.4, 0.5) is 34.1 Å². The van der Waals surface area contributed by atoms with E-state index in [1.54, 1.807) is 0 Å². The fourth-order valence-electron chi connectivity index (χ4n) is 8.05. The van der Waals surface area contributed by atoms with Gasteiger partial charge in [0.15, 0.2) is 0 Å². The van der Waals surface area contributed by atoms with Gasteiger partial charge in [0.05, 0.1) is 0 Å². The van der Waals surface area contributed by atoms with Gasteiger partial charge in [0.2, 0.25) is 0 Å². The summed E-state index contributed by atoms with van der Waals surface area (Å²) >= 11 is 11.1. The molecule has 0 N–H and O–H groups in total. The van der Waals surface area contributed by atoms with Crippen LogP contribution in [0.15, 0.2) is 233 Å². The first-order valence-corrected chi connectivity index (χ1v) is 23.9. The number of benzene rings is 8. The normalized spacial score (nSPS) is 13.5. The second-order valence-electron chi connectivity index (χ2n) is 15.2. The summed E-state index contributed by atoms with van der Waals surface area (Å²) in [6.45, 7) is 0. The monoisotopic (exact) mass is 962 g/mol. The molecule has 0 radical (unpaired) electrons. The van der Waals surface area contributed by atoms with Crippen LogP contribution >= 0.6 is 55.0 Å². The molecule has 1 atom stereocenters.